The number of anilines is 1. The topological polar surface area (TPSA) is 68.0 Å². The third-order valence-electron chi connectivity index (χ3n) is 3.38. The second-order valence-corrected chi connectivity index (χ2v) is 6.04. The van der Waals surface area contributed by atoms with Crippen molar-refractivity contribution in [2.24, 2.45) is 5.92 Å². The van der Waals surface area contributed by atoms with Crippen LogP contribution >= 0.6 is 11.3 Å². The number of hydrogen-bond donors (Lipinski definition) is 2. The summed E-state index contributed by atoms with van der Waals surface area (Å²) in [6.07, 6.45) is 2.17. The van der Waals surface area contributed by atoms with Gasteiger partial charge in [0.1, 0.15) is 0 Å². The minimum atomic E-state index is 0.000714. The molecule has 0 radical (unpaired) electrons. The zero-order valence-corrected chi connectivity index (χ0v) is 11.0. The molecular formula is C13H15N3OS. The summed E-state index contributed by atoms with van der Waals surface area (Å²) in [6, 6.07) is 5.86. The number of nitrogens with one attached hydrogen (secondary N) is 1. The monoisotopic (exact) mass is 261 g/mol. The van der Waals surface area contributed by atoms with Crippen molar-refractivity contribution in [2.75, 3.05) is 5.73 Å². The van der Waals surface area contributed by atoms with Crippen molar-refractivity contribution in [3.05, 3.63) is 23.8 Å². The van der Waals surface area contributed by atoms with E-state index in [1.54, 1.807) is 6.07 Å². The predicted molar refractivity (Wildman–Crippen MR) is 73.7 cm³/mol. The summed E-state index contributed by atoms with van der Waals surface area (Å²) in [7, 11) is 0. The Morgan fingerprint density at radius 2 is 2.28 bits per heavy atom. The Hall–Kier alpha value is -1.62. The Balaban J connectivity index is 1.78. The predicted octanol–water partition coefficient (Wildman–Crippen LogP) is 2.41. The summed E-state index contributed by atoms with van der Waals surface area (Å²) in [6.45, 7) is 2.20. The summed E-state index contributed by atoms with van der Waals surface area (Å²) < 4.78 is 0.960. The maximum absolute atomic E-state index is 12.0. The Kier molecular flexibility index (Phi) is 2.70. The highest BCUT2D eigenvalue weighted by molar-refractivity contribution is 7.22. The fraction of sp³-hybridized carbons (Fsp3) is 0.385. The lowest BCUT2D eigenvalue weighted by molar-refractivity contribution is 0.0896. The van der Waals surface area contributed by atoms with E-state index in [9.17, 15) is 4.79 Å². The number of nitrogens with two attached hydrogens (primary N) is 1. The van der Waals surface area contributed by atoms with Gasteiger partial charge in [0.05, 0.1) is 10.2 Å². The van der Waals surface area contributed by atoms with Crippen LogP contribution in [0.4, 0.5) is 5.13 Å². The van der Waals surface area contributed by atoms with Gasteiger partial charge in [0, 0.05) is 11.6 Å². The van der Waals surface area contributed by atoms with Crippen molar-refractivity contribution < 1.29 is 4.79 Å². The zero-order valence-electron chi connectivity index (χ0n) is 10.1. The largest absolute Gasteiger partial charge is 0.375 e. The molecular weight excluding hydrogens is 246 g/mol. The molecule has 5 heteroatoms. The van der Waals surface area contributed by atoms with Crippen molar-refractivity contribution in [2.45, 2.75) is 25.8 Å². The van der Waals surface area contributed by atoms with Crippen LogP contribution in [-0.2, 0) is 0 Å². The smallest absolute Gasteiger partial charge is 0.251 e. The molecule has 0 bridgehead atoms. The minimum absolute atomic E-state index is 0.000714. The Morgan fingerprint density at radius 3 is 3.00 bits per heavy atom. The SMILES string of the molecule is CC1CC(NC(=O)c2ccc3nc(N)sc3c2)C1. The number of nitrogen functional groups attached to an aromatic ring is 1. The summed E-state index contributed by atoms with van der Waals surface area (Å²) in [4.78, 5) is 16.2. The van der Waals surface area contributed by atoms with Crippen molar-refractivity contribution in [3.63, 3.8) is 0 Å². The summed E-state index contributed by atoms with van der Waals surface area (Å²) in [5.41, 5.74) is 7.19. The van der Waals surface area contributed by atoms with Gasteiger partial charge in [-0.3, -0.25) is 4.79 Å². The van der Waals surface area contributed by atoms with Crippen LogP contribution in [0.25, 0.3) is 10.2 Å². The zero-order chi connectivity index (χ0) is 12.7. The Labute approximate surface area is 109 Å². The lowest BCUT2D eigenvalue weighted by Crippen LogP contribution is -2.43. The molecule has 1 aromatic heterocycles. The van der Waals surface area contributed by atoms with Crippen LogP contribution in [0.2, 0.25) is 0 Å². The van der Waals surface area contributed by atoms with Crippen LogP contribution in [0.15, 0.2) is 18.2 Å². The highest BCUT2D eigenvalue weighted by Gasteiger charge is 2.26. The molecule has 1 aliphatic carbocycles. The first-order valence-electron chi connectivity index (χ1n) is 6.09. The number of nitrogens with zero attached hydrogens (tertiary/aromatic N) is 1. The number of carbonyl (C=O) groups excluding carboxylic acids is 1. The van der Waals surface area contributed by atoms with Crippen LogP contribution in [0.3, 0.4) is 0 Å². The fourth-order valence-electron chi connectivity index (χ4n) is 2.37. The lowest BCUT2D eigenvalue weighted by atomic mass is 9.82. The highest BCUT2D eigenvalue weighted by Crippen LogP contribution is 2.27. The van der Waals surface area contributed by atoms with E-state index in [0.717, 1.165) is 29.0 Å². The molecule has 1 amide bonds. The normalized spacial score (nSPS) is 22.7. The Bertz CT molecular complexity index is 601. The number of rotatable bonds is 2. The number of carbonyl (C=O) groups is 1. The molecule has 1 aliphatic rings. The molecule has 0 aliphatic heterocycles. The quantitative estimate of drug-likeness (QED) is 0.872. The third-order valence-corrected chi connectivity index (χ3v) is 4.22. The molecule has 0 saturated heterocycles. The van der Waals surface area contributed by atoms with Crippen molar-refractivity contribution in [3.8, 4) is 0 Å². The van der Waals surface area contributed by atoms with Gasteiger partial charge in [0.15, 0.2) is 5.13 Å². The number of aromatic nitrogens is 1. The number of amides is 1. The lowest BCUT2D eigenvalue weighted by Gasteiger charge is -2.33. The van der Waals surface area contributed by atoms with Crippen LogP contribution in [0.5, 0.6) is 0 Å². The fourth-order valence-corrected chi connectivity index (χ4v) is 3.15. The standard InChI is InChI=1S/C13H15N3OS/c1-7-4-9(5-7)15-12(17)8-2-3-10-11(6-8)18-13(14)16-10/h2-3,6-7,9H,4-5H2,1H3,(H2,14,16)(H,15,17). The molecule has 3 rings (SSSR count). The first-order valence-corrected chi connectivity index (χ1v) is 6.90. The molecule has 18 heavy (non-hydrogen) atoms. The van der Waals surface area contributed by atoms with E-state index in [0.29, 0.717) is 16.7 Å². The van der Waals surface area contributed by atoms with Crippen LogP contribution in [0, 0.1) is 5.92 Å². The second-order valence-electron chi connectivity index (χ2n) is 4.98. The molecule has 0 atom stereocenters. The highest BCUT2D eigenvalue weighted by atomic mass is 32.1. The molecule has 1 fully saturated rings. The van der Waals surface area contributed by atoms with Crippen molar-refractivity contribution in [1.82, 2.24) is 10.3 Å². The number of thiazole rings is 1. The van der Waals surface area contributed by atoms with Crippen molar-refractivity contribution >= 4 is 32.6 Å². The van der Waals surface area contributed by atoms with E-state index < -0.39 is 0 Å². The summed E-state index contributed by atoms with van der Waals surface area (Å²) in [5, 5.41) is 3.59. The van der Waals surface area contributed by atoms with Gasteiger partial charge in [-0.25, -0.2) is 4.98 Å². The van der Waals surface area contributed by atoms with Gasteiger partial charge in [0.25, 0.3) is 5.91 Å². The minimum Gasteiger partial charge on any atom is -0.375 e. The van der Waals surface area contributed by atoms with Crippen LogP contribution in [-0.4, -0.2) is 16.9 Å². The Morgan fingerprint density at radius 1 is 1.50 bits per heavy atom. The summed E-state index contributed by atoms with van der Waals surface area (Å²) in [5.74, 6) is 0.736. The van der Waals surface area contributed by atoms with Gasteiger partial charge in [-0.05, 0) is 37.0 Å². The molecule has 0 unspecified atom stereocenters. The maximum atomic E-state index is 12.0. The van der Waals surface area contributed by atoms with E-state index in [4.69, 9.17) is 5.73 Å². The second kappa shape index (κ2) is 4.24. The van der Waals surface area contributed by atoms with Gasteiger partial charge >= 0.3 is 0 Å². The molecule has 1 heterocycles. The van der Waals surface area contributed by atoms with E-state index in [1.807, 2.05) is 12.1 Å². The van der Waals surface area contributed by atoms with Gasteiger partial charge in [0.2, 0.25) is 0 Å². The number of hydrogen-bond acceptors (Lipinski definition) is 4. The van der Waals surface area contributed by atoms with Crippen molar-refractivity contribution in [1.29, 1.82) is 0 Å². The molecule has 1 saturated carbocycles. The van der Waals surface area contributed by atoms with Gasteiger partial charge in [-0.1, -0.05) is 18.3 Å². The average Bonchev–Trinajstić information content (AvgIpc) is 2.65. The van der Waals surface area contributed by atoms with Gasteiger partial charge < -0.3 is 11.1 Å². The molecule has 4 nitrogen and oxygen atoms in total. The van der Waals surface area contributed by atoms with E-state index in [2.05, 4.69) is 17.2 Å². The maximum Gasteiger partial charge on any atom is 0.251 e. The molecule has 2 aromatic rings. The molecule has 1 aromatic carbocycles. The molecule has 3 N–H and O–H groups in total. The van der Waals surface area contributed by atoms with Crippen LogP contribution < -0.4 is 11.1 Å². The van der Waals surface area contributed by atoms with Crippen LogP contribution in [0.1, 0.15) is 30.1 Å². The first-order chi connectivity index (χ1) is 8.61. The molecule has 94 valence electrons. The van der Waals surface area contributed by atoms with Gasteiger partial charge in [-0.2, -0.15) is 0 Å². The average molecular weight is 261 g/mol. The van der Waals surface area contributed by atoms with E-state index in [1.165, 1.54) is 11.3 Å². The third kappa shape index (κ3) is 2.06. The van der Waals surface area contributed by atoms with Gasteiger partial charge in [-0.15, -0.1) is 0 Å². The van der Waals surface area contributed by atoms with E-state index in [-0.39, 0.29) is 5.91 Å². The summed E-state index contributed by atoms with van der Waals surface area (Å²) >= 11 is 1.41. The van der Waals surface area contributed by atoms with E-state index >= 15 is 0 Å². The number of fused-ring (bicyclic) bond motifs is 1. The first kappa shape index (κ1) is 11.5. The number of benzene rings is 1. The molecule has 0 spiro atoms.